The zero-order chi connectivity index (χ0) is 15.1. The van der Waals surface area contributed by atoms with Crippen LogP contribution in [0.25, 0.3) is 10.8 Å². The number of hydrogen-bond acceptors (Lipinski definition) is 3. The molecule has 3 heteroatoms. The van der Waals surface area contributed by atoms with Crippen LogP contribution < -0.4 is 14.8 Å². The molecule has 3 aromatic carbocycles. The highest BCUT2D eigenvalue weighted by Gasteiger charge is 2.23. The van der Waals surface area contributed by atoms with Crippen LogP contribution in [0.3, 0.4) is 0 Å². The van der Waals surface area contributed by atoms with Crippen LogP contribution in [0.2, 0.25) is 0 Å². The molecule has 0 aliphatic carbocycles. The van der Waals surface area contributed by atoms with Crippen molar-refractivity contribution in [3.05, 3.63) is 65.7 Å². The maximum absolute atomic E-state index is 6.01. The summed E-state index contributed by atoms with van der Waals surface area (Å²) in [6.45, 7) is 2.08. The summed E-state index contributed by atoms with van der Waals surface area (Å²) >= 11 is 0. The van der Waals surface area contributed by atoms with Crippen LogP contribution in [-0.4, -0.2) is 7.11 Å². The molecule has 1 unspecified atom stereocenters. The topological polar surface area (TPSA) is 30.5 Å². The Bertz CT molecular complexity index is 857. The molecular formula is C19H17NO2. The van der Waals surface area contributed by atoms with Crippen LogP contribution in [0.15, 0.2) is 54.6 Å². The van der Waals surface area contributed by atoms with E-state index in [2.05, 4.69) is 48.6 Å². The fraction of sp³-hybridized carbons (Fsp3) is 0.158. The zero-order valence-corrected chi connectivity index (χ0v) is 12.6. The van der Waals surface area contributed by atoms with E-state index in [1.54, 1.807) is 7.11 Å². The number of benzene rings is 3. The Morgan fingerprint density at radius 2 is 1.77 bits per heavy atom. The maximum Gasteiger partial charge on any atom is 0.196 e. The van der Waals surface area contributed by atoms with E-state index in [0.29, 0.717) is 0 Å². The fourth-order valence-electron chi connectivity index (χ4n) is 2.84. The summed E-state index contributed by atoms with van der Waals surface area (Å²) < 4.78 is 11.3. The lowest BCUT2D eigenvalue weighted by atomic mass is 10.1. The van der Waals surface area contributed by atoms with Crippen molar-refractivity contribution in [2.75, 3.05) is 12.4 Å². The van der Waals surface area contributed by atoms with Gasteiger partial charge in [-0.3, -0.25) is 0 Å². The number of hydrogen-bond donors (Lipinski definition) is 1. The zero-order valence-electron chi connectivity index (χ0n) is 12.6. The monoisotopic (exact) mass is 291 g/mol. The Labute approximate surface area is 129 Å². The van der Waals surface area contributed by atoms with E-state index in [4.69, 9.17) is 9.47 Å². The molecule has 3 aromatic rings. The van der Waals surface area contributed by atoms with E-state index >= 15 is 0 Å². The van der Waals surface area contributed by atoms with Gasteiger partial charge in [0.1, 0.15) is 11.5 Å². The summed E-state index contributed by atoms with van der Waals surface area (Å²) in [7, 11) is 1.69. The molecular weight excluding hydrogens is 274 g/mol. The molecule has 0 radical (unpaired) electrons. The number of anilines is 1. The molecule has 110 valence electrons. The van der Waals surface area contributed by atoms with E-state index in [0.717, 1.165) is 28.1 Å². The van der Waals surface area contributed by atoms with E-state index in [1.807, 2.05) is 18.2 Å². The van der Waals surface area contributed by atoms with Gasteiger partial charge in [0.2, 0.25) is 0 Å². The van der Waals surface area contributed by atoms with Crippen molar-refractivity contribution in [2.24, 2.45) is 0 Å². The standard InChI is InChI=1S/C19H17NO2/c1-12-3-8-18-17(9-12)20-19(22-18)15-5-4-14-11-16(21-2)7-6-13(14)10-15/h3-11,19-20H,1-2H3. The summed E-state index contributed by atoms with van der Waals surface area (Å²) in [6, 6.07) is 18.6. The lowest BCUT2D eigenvalue weighted by molar-refractivity contribution is 0.260. The van der Waals surface area contributed by atoms with E-state index < -0.39 is 0 Å². The van der Waals surface area contributed by atoms with Crippen LogP contribution in [-0.2, 0) is 0 Å². The van der Waals surface area contributed by atoms with Crippen molar-refractivity contribution in [3.63, 3.8) is 0 Å². The maximum atomic E-state index is 6.01. The average molecular weight is 291 g/mol. The van der Waals surface area contributed by atoms with Gasteiger partial charge in [-0.1, -0.05) is 24.3 Å². The van der Waals surface area contributed by atoms with E-state index in [-0.39, 0.29) is 6.23 Å². The highest BCUT2D eigenvalue weighted by Crippen LogP contribution is 2.38. The molecule has 1 N–H and O–H groups in total. The summed E-state index contributed by atoms with van der Waals surface area (Å²) in [5, 5.41) is 5.77. The fourth-order valence-corrected chi connectivity index (χ4v) is 2.84. The van der Waals surface area contributed by atoms with Gasteiger partial charge in [-0.05, 0) is 53.6 Å². The van der Waals surface area contributed by atoms with E-state index in [1.165, 1.54) is 10.9 Å². The number of ether oxygens (including phenoxy) is 2. The SMILES string of the molecule is COc1ccc2cc(C3Nc4cc(C)ccc4O3)ccc2c1. The smallest absolute Gasteiger partial charge is 0.196 e. The molecule has 0 saturated carbocycles. The third kappa shape index (κ3) is 2.15. The summed E-state index contributed by atoms with van der Waals surface area (Å²) in [5.41, 5.74) is 3.40. The van der Waals surface area contributed by atoms with Gasteiger partial charge in [-0.15, -0.1) is 0 Å². The lowest BCUT2D eigenvalue weighted by Crippen LogP contribution is -2.09. The van der Waals surface area contributed by atoms with Crippen molar-refractivity contribution >= 4 is 16.5 Å². The Balaban J connectivity index is 1.68. The van der Waals surface area contributed by atoms with Gasteiger partial charge in [-0.2, -0.15) is 0 Å². The molecule has 0 saturated heterocycles. The van der Waals surface area contributed by atoms with Crippen molar-refractivity contribution in [2.45, 2.75) is 13.2 Å². The highest BCUT2D eigenvalue weighted by molar-refractivity contribution is 5.84. The van der Waals surface area contributed by atoms with Gasteiger partial charge in [0, 0.05) is 5.56 Å². The first kappa shape index (κ1) is 13.0. The minimum Gasteiger partial charge on any atom is -0.497 e. The predicted octanol–water partition coefficient (Wildman–Crippen LogP) is 4.66. The number of nitrogens with one attached hydrogen (secondary N) is 1. The van der Waals surface area contributed by atoms with Gasteiger partial charge < -0.3 is 14.8 Å². The number of methoxy groups -OCH3 is 1. The average Bonchev–Trinajstić information content (AvgIpc) is 2.96. The van der Waals surface area contributed by atoms with Crippen molar-refractivity contribution in [3.8, 4) is 11.5 Å². The quantitative estimate of drug-likeness (QED) is 0.745. The minimum absolute atomic E-state index is 0.136. The van der Waals surface area contributed by atoms with Crippen molar-refractivity contribution in [1.29, 1.82) is 0 Å². The van der Waals surface area contributed by atoms with Gasteiger partial charge in [0.25, 0.3) is 0 Å². The Kier molecular flexibility index (Phi) is 2.93. The van der Waals surface area contributed by atoms with Crippen LogP contribution in [0.1, 0.15) is 17.4 Å². The van der Waals surface area contributed by atoms with Gasteiger partial charge >= 0.3 is 0 Å². The van der Waals surface area contributed by atoms with Crippen molar-refractivity contribution in [1.82, 2.24) is 0 Å². The second-order valence-electron chi connectivity index (χ2n) is 5.61. The molecule has 0 spiro atoms. The molecule has 4 rings (SSSR count). The molecule has 1 heterocycles. The number of rotatable bonds is 2. The third-order valence-electron chi connectivity index (χ3n) is 4.04. The Morgan fingerprint density at radius 3 is 2.64 bits per heavy atom. The van der Waals surface area contributed by atoms with Gasteiger partial charge in [0.15, 0.2) is 6.23 Å². The first-order chi connectivity index (χ1) is 10.7. The van der Waals surface area contributed by atoms with Gasteiger partial charge in [0.05, 0.1) is 12.8 Å². The molecule has 1 aliphatic rings. The molecule has 22 heavy (non-hydrogen) atoms. The molecule has 0 bridgehead atoms. The molecule has 0 amide bonds. The summed E-state index contributed by atoms with van der Waals surface area (Å²) in [6.07, 6.45) is -0.136. The summed E-state index contributed by atoms with van der Waals surface area (Å²) in [5.74, 6) is 1.78. The lowest BCUT2D eigenvalue weighted by Gasteiger charge is -2.13. The van der Waals surface area contributed by atoms with Crippen LogP contribution in [0, 0.1) is 6.92 Å². The molecule has 1 atom stereocenters. The first-order valence-electron chi connectivity index (χ1n) is 7.34. The molecule has 3 nitrogen and oxygen atoms in total. The molecule has 0 fully saturated rings. The number of aryl methyl sites for hydroxylation is 1. The van der Waals surface area contributed by atoms with Crippen LogP contribution in [0.5, 0.6) is 11.5 Å². The largest absolute Gasteiger partial charge is 0.497 e. The van der Waals surface area contributed by atoms with Gasteiger partial charge in [-0.25, -0.2) is 0 Å². The normalized spacial score (nSPS) is 16.0. The Morgan fingerprint density at radius 1 is 0.955 bits per heavy atom. The third-order valence-corrected chi connectivity index (χ3v) is 4.04. The minimum atomic E-state index is -0.136. The highest BCUT2D eigenvalue weighted by atomic mass is 16.5. The number of fused-ring (bicyclic) bond motifs is 2. The molecule has 0 aromatic heterocycles. The van der Waals surface area contributed by atoms with E-state index in [9.17, 15) is 0 Å². The van der Waals surface area contributed by atoms with Crippen molar-refractivity contribution < 1.29 is 9.47 Å². The molecule has 1 aliphatic heterocycles. The van der Waals surface area contributed by atoms with Crippen LogP contribution in [0.4, 0.5) is 5.69 Å². The second-order valence-corrected chi connectivity index (χ2v) is 5.61. The first-order valence-corrected chi connectivity index (χ1v) is 7.34. The predicted molar refractivity (Wildman–Crippen MR) is 88.7 cm³/mol. The second kappa shape index (κ2) is 4.95. The Hall–Kier alpha value is -2.68. The van der Waals surface area contributed by atoms with Crippen LogP contribution >= 0.6 is 0 Å². The summed E-state index contributed by atoms with van der Waals surface area (Å²) in [4.78, 5) is 0.